The minimum atomic E-state index is 0.128. The summed E-state index contributed by atoms with van der Waals surface area (Å²) < 4.78 is 2.00. The molecule has 0 spiro atoms. The van der Waals surface area contributed by atoms with Gasteiger partial charge in [-0.3, -0.25) is 4.98 Å². The van der Waals surface area contributed by atoms with Crippen molar-refractivity contribution < 1.29 is 0 Å². The lowest BCUT2D eigenvalue weighted by molar-refractivity contribution is 0.723. The third-order valence-corrected chi connectivity index (χ3v) is 2.77. The Hall–Kier alpha value is -1.39. The van der Waals surface area contributed by atoms with Crippen LogP contribution in [0.15, 0.2) is 31.0 Å². The van der Waals surface area contributed by atoms with E-state index in [1.165, 1.54) is 0 Å². The lowest BCUT2D eigenvalue weighted by Crippen LogP contribution is -2.17. The monoisotopic (exact) mass is 250 g/mol. The molecule has 90 valence electrons. The summed E-state index contributed by atoms with van der Waals surface area (Å²) in [6.45, 7) is 2.67. The zero-order valence-electron chi connectivity index (χ0n) is 9.68. The summed E-state index contributed by atoms with van der Waals surface area (Å²) in [5, 5.41) is 0.676. The summed E-state index contributed by atoms with van der Waals surface area (Å²) in [5.74, 6) is 0. The molecule has 2 N–H and O–H groups in total. The SMILES string of the molecule is CC(N)Cc1cn(Cc2ccncc2Cl)cn1. The molecular weight excluding hydrogens is 236 g/mol. The number of pyridine rings is 1. The molecule has 0 aromatic carbocycles. The van der Waals surface area contributed by atoms with Crippen molar-refractivity contribution in [1.82, 2.24) is 14.5 Å². The molecule has 2 aromatic heterocycles. The highest BCUT2D eigenvalue weighted by Gasteiger charge is 2.04. The third kappa shape index (κ3) is 3.28. The van der Waals surface area contributed by atoms with Gasteiger partial charge >= 0.3 is 0 Å². The number of nitrogens with zero attached hydrogens (tertiary/aromatic N) is 3. The van der Waals surface area contributed by atoms with Crippen LogP contribution in [0.2, 0.25) is 5.02 Å². The lowest BCUT2D eigenvalue weighted by atomic mass is 10.2. The maximum absolute atomic E-state index is 6.05. The standard InChI is InChI=1S/C12H15ClN4/c1-9(14)4-11-7-17(8-16-11)6-10-2-3-15-5-12(10)13/h2-3,5,7-9H,4,6,14H2,1H3. The van der Waals surface area contributed by atoms with Gasteiger partial charge < -0.3 is 10.3 Å². The second-order valence-corrected chi connectivity index (χ2v) is 4.59. The van der Waals surface area contributed by atoms with Crippen LogP contribution in [-0.2, 0) is 13.0 Å². The molecule has 0 saturated heterocycles. The first-order chi connectivity index (χ1) is 8.15. The van der Waals surface area contributed by atoms with Crippen LogP contribution >= 0.6 is 11.6 Å². The fourth-order valence-electron chi connectivity index (χ4n) is 1.66. The largest absolute Gasteiger partial charge is 0.333 e. The number of nitrogens with two attached hydrogens (primary N) is 1. The number of rotatable bonds is 4. The van der Waals surface area contributed by atoms with Crippen molar-refractivity contribution in [3.8, 4) is 0 Å². The van der Waals surface area contributed by atoms with Gasteiger partial charge in [0.2, 0.25) is 0 Å². The number of hydrogen-bond donors (Lipinski definition) is 1. The molecule has 0 fully saturated rings. The lowest BCUT2D eigenvalue weighted by Gasteiger charge is -2.04. The van der Waals surface area contributed by atoms with E-state index in [9.17, 15) is 0 Å². The van der Waals surface area contributed by atoms with Gasteiger partial charge in [-0.25, -0.2) is 4.98 Å². The van der Waals surface area contributed by atoms with E-state index >= 15 is 0 Å². The first-order valence-electron chi connectivity index (χ1n) is 5.50. The molecule has 2 aromatic rings. The van der Waals surface area contributed by atoms with Gasteiger partial charge in [-0.2, -0.15) is 0 Å². The molecule has 1 unspecified atom stereocenters. The van der Waals surface area contributed by atoms with Gasteiger partial charge in [0.25, 0.3) is 0 Å². The molecule has 17 heavy (non-hydrogen) atoms. The van der Waals surface area contributed by atoms with Crippen molar-refractivity contribution in [3.05, 3.63) is 47.3 Å². The molecule has 0 aliphatic heterocycles. The third-order valence-electron chi connectivity index (χ3n) is 2.43. The van der Waals surface area contributed by atoms with E-state index in [1.807, 2.05) is 23.8 Å². The van der Waals surface area contributed by atoms with Gasteiger partial charge in [0.1, 0.15) is 0 Å². The minimum Gasteiger partial charge on any atom is -0.333 e. The zero-order valence-corrected chi connectivity index (χ0v) is 10.4. The Balaban J connectivity index is 2.09. The number of hydrogen-bond acceptors (Lipinski definition) is 3. The van der Waals surface area contributed by atoms with Crippen LogP contribution in [0.1, 0.15) is 18.2 Å². The quantitative estimate of drug-likeness (QED) is 0.901. The molecule has 2 rings (SSSR count). The molecule has 0 aliphatic carbocycles. The molecule has 2 heterocycles. The van der Waals surface area contributed by atoms with Crippen LogP contribution in [0, 0.1) is 0 Å². The van der Waals surface area contributed by atoms with E-state index in [-0.39, 0.29) is 6.04 Å². The summed E-state index contributed by atoms with van der Waals surface area (Å²) in [7, 11) is 0. The van der Waals surface area contributed by atoms with Gasteiger partial charge in [-0.15, -0.1) is 0 Å². The number of aromatic nitrogens is 3. The summed E-state index contributed by atoms with van der Waals surface area (Å²) in [6, 6.07) is 2.04. The Morgan fingerprint density at radius 2 is 2.35 bits per heavy atom. The van der Waals surface area contributed by atoms with Crippen LogP contribution in [-0.4, -0.2) is 20.6 Å². The minimum absolute atomic E-state index is 0.128. The summed E-state index contributed by atoms with van der Waals surface area (Å²) >= 11 is 6.05. The van der Waals surface area contributed by atoms with Crippen LogP contribution in [0.5, 0.6) is 0 Å². The van der Waals surface area contributed by atoms with Crippen LogP contribution in [0.25, 0.3) is 0 Å². The van der Waals surface area contributed by atoms with Gasteiger partial charge in [0.05, 0.1) is 23.6 Å². The Morgan fingerprint density at radius 1 is 1.53 bits per heavy atom. The van der Waals surface area contributed by atoms with Gasteiger partial charge in [-0.05, 0) is 18.6 Å². The zero-order chi connectivity index (χ0) is 12.3. The topological polar surface area (TPSA) is 56.7 Å². The molecule has 1 atom stereocenters. The molecule has 0 amide bonds. The highest BCUT2D eigenvalue weighted by atomic mass is 35.5. The number of halogens is 1. The predicted octanol–water partition coefficient (Wildman–Crippen LogP) is 1.87. The summed E-state index contributed by atoms with van der Waals surface area (Å²) in [5.41, 5.74) is 7.77. The Morgan fingerprint density at radius 3 is 3.06 bits per heavy atom. The molecule has 0 saturated carbocycles. The fourth-order valence-corrected chi connectivity index (χ4v) is 1.84. The molecular formula is C12H15ClN4. The highest BCUT2D eigenvalue weighted by Crippen LogP contribution is 2.15. The smallest absolute Gasteiger partial charge is 0.0952 e. The van der Waals surface area contributed by atoms with Crippen LogP contribution < -0.4 is 5.73 Å². The molecule has 4 nitrogen and oxygen atoms in total. The maximum atomic E-state index is 6.05. The second-order valence-electron chi connectivity index (χ2n) is 4.19. The predicted molar refractivity (Wildman–Crippen MR) is 67.9 cm³/mol. The average Bonchev–Trinajstić information content (AvgIpc) is 2.68. The Kier molecular flexibility index (Phi) is 3.76. The molecule has 5 heteroatoms. The van der Waals surface area contributed by atoms with Gasteiger partial charge in [-0.1, -0.05) is 11.6 Å². The van der Waals surface area contributed by atoms with Gasteiger partial charge in [0.15, 0.2) is 0 Å². The van der Waals surface area contributed by atoms with Crippen molar-refractivity contribution >= 4 is 11.6 Å². The van der Waals surface area contributed by atoms with E-state index in [0.717, 1.165) is 17.7 Å². The van der Waals surface area contributed by atoms with E-state index in [4.69, 9.17) is 17.3 Å². The summed E-state index contributed by atoms with van der Waals surface area (Å²) in [6.07, 6.45) is 7.98. The van der Waals surface area contributed by atoms with E-state index in [0.29, 0.717) is 11.6 Å². The van der Waals surface area contributed by atoms with Crippen molar-refractivity contribution in [3.63, 3.8) is 0 Å². The summed E-state index contributed by atoms with van der Waals surface area (Å²) in [4.78, 5) is 8.26. The van der Waals surface area contributed by atoms with Gasteiger partial charge in [0, 0.05) is 31.1 Å². The molecule has 0 aliphatic rings. The van der Waals surface area contributed by atoms with E-state index in [1.54, 1.807) is 18.7 Å². The highest BCUT2D eigenvalue weighted by molar-refractivity contribution is 6.31. The van der Waals surface area contributed by atoms with Crippen LogP contribution in [0.4, 0.5) is 0 Å². The van der Waals surface area contributed by atoms with Crippen LogP contribution in [0.3, 0.4) is 0 Å². The van der Waals surface area contributed by atoms with E-state index in [2.05, 4.69) is 9.97 Å². The first-order valence-corrected chi connectivity index (χ1v) is 5.87. The number of imidazole rings is 1. The normalized spacial score (nSPS) is 12.6. The fraction of sp³-hybridized carbons (Fsp3) is 0.333. The average molecular weight is 251 g/mol. The molecule has 0 radical (unpaired) electrons. The van der Waals surface area contributed by atoms with Crippen molar-refractivity contribution in [2.75, 3.05) is 0 Å². The maximum Gasteiger partial charge on any atom is 0.0952 e. The second kappa shape index (κ2) is 5.29. The van der Waals surface area contributed by atoms with Crippen molar-refractivity contribution in [1.29, 1.82) is 0 Å². The van der Waals surface area contributed by atoms with Crippen molar-refractivity contribution in [2.45, 2.75) is 25.9 Å². The molecule has 0 bridgehead atoms. The van der Waals surface area contributed by atoms with Crippen molar-refractivity contribution in [2.24, 2.45) is 5.73 Å². The van der Waals surface area contributed by atoms with E-state index < -0.39 is 0 Å². The first kappa shape index (κ1) is 12.1. The Labute approximate surface area is 105 Å². The Bertz CT molecular complexity index is 493.